The third-order valence-electron chi connectivity index (χ3n) is 4.25. The highest BCUT2D eigenvalue weighted by atomic mass is 32.2. The van der Waals surface area contributed by atoms with Gasteiger partial charge in [-0.1, -0.05) is 48.4 Å². The summed E-state index contributed by atoms with van der Waals surface area (Å²) in [6.07, 6.45) is 2.34. The highest BCUT2D eigenvalue weighted by molar-refractivity contribution is 8.00. The van der Waals surface area contributed by atoms with E-state index in [0.29, 0.717) is 0 Å². The smallest absolute Gasteiger partial charge is 0.330 e. The van der Waals surface area contributed by atoms with Gasteiger partial charge < -0.3 is 9.47 Å². The summed E-state index contributed by atoms with van der Waals surface area (Å²) in [5, 5.41) is 0. The zero-order valence-electron chi connectivity index (χ0n) is 18.2. The first kappa shape index (κ1) is 25.2. The van der Waals surface area contributed by atoms with Gasteiger partial charge in [-0.15, -0.1) is 0 Å². The Morgan fingerprint density at radius 3 is 1.35 bits per heavy atom. The molecule has 4 nitrogen and oxygen atoms in total. The number of carbonyl (C=O) groups excluding carboxylic acids is 2. The molecule has 0 radical (unpaired) electrons. The van der Waals surface area contributed by atoms with Crippen molar-refractivity contribution in [1.82, 2.24) is 0 Å². The van der Waals surface area contributed by atoms with Gasteiger partial charge in [-0.25, -0.2) is 9.59 Å². The Kier molecular flexibility index (Phi) is 9.81. The Hall–Kier alpha value is -2.09. The van der Waals surface area contributed by atoms with E-state index < -0.39 is 11.9 Å². The standard InChI is InChI=1S/C24H26O4S3/c1-7-21(25)27-13-29-23-15(3)9-19(10-16(23)4)31-20-11-17(5)24(18(6)12-20)30-14-28-22(26)8-2/h7-12H,1-2,13-14H2,3-6H3. The van der Waals surface area contributed by atoms with Crippen LogP contribution in [0.5, 0.6) is 0 Å². The van der Waals surface area contributed by atoms with E-state index in [9.17, 15) is 9.59 Å². The zero-order chi connectivity index (χ0) is 23.0. The molecule has 2 aromatic carbocycles. The number of benzene rings is 2. The summed E-state index contributed by atoms with van der Waals surface area (Å²) in [6.45, 7) is 15.1. The Bertz CT molecular complexity index is 873. The first-order valence-electron chi connectivity index (χ1n) is 9.49. The normalized spacial score (nSPS) is 10.5. The zero-order valence-corrected chi connectivity index (χ0v) is 20.6. The SMILES string of the molecule is C=CC(=O)OCSc1c(C)cc(Sc2cc(C)c(SCOC(=O)C=C)c(C)c2)cc1C. The largest absolute Gasteiger partial charge is 0.451 e. The molecule has 0 fully saturated rings. The summed E-state index contributed by atoms with van der Waals surface area (Å²) in [4.78, 5) is 27.0. The van der Waals surface area contributed by atoms with E-state index in [4.69, 9.17) is 9.47 Å². The van der Waals surface area contributed by atoms with Gasteiger partial charge in [0.25, 0.3) is 0 Å². The molecule has 0 aliphatic heterocycles. The summed E-state index contributed by atoms with van der Waals surface area (Å²) in [6, 6.07) is 8.60. The van der Waals surface area contributed by atoms with Crippen LogP contribution in [0.25, 0.3) is 0 Å². The summed E-state index contributed by atoms with van der Waals surface area (Å²) in [7, 11) is 0. The van der Waals surface area contributed by atoms with Crippen LogP contribution < -0.4 is 0 Å². The summed E-state index contributed by atoms with van der Waals surface area (Å²) < 4.78 is 10.2. The fraction of sp³-hybridized carbons (Fsp3) is 0.250. The van der Waals surface area contributed by atoms with Gasteiger partial charge in [0.1, 0.15) is 11.9 Å². The molecule has 0 aromatic heterocycles. The number of carbonyl (C=O) groups is 2. The van der Waals surface area contributed by atoms with Crippen molar-refractivity contribution >= 4 is 47.2 Å². The first-order chi connectivity index (χ1) is 14.7. The molecule has 0 saturated carbocycles. The number of esters is 2. The van der Waals surface area contributed by atoms with Crippen molar-refractivity contribution in [2.24, 2.45) is 0 Å². The molecule has 0 saturated heterocycles. The maximum Gasteiger partial charge on any atom is 0.330 e. The van der Waals surface area contributed by atoms with Gasteiger partial charge in [-0.05, 0) is 74.2 Å². The topological polar surface area (TPSA) is 52.6 Å². The van der Waals surface area contributed by atoms with E-state index in [1.807, 2.05) is 0 Å². The highest BCUT2D eigenvalue weighted by Gasteiger charge is 2.11. The lowest BCUT2D eigenvalue weighted by Gasteiger charge is -2.14. The molecule has 0 amide bonds. The molecular formula is C24H26O4S3. The maximum atomic E-state index is 11.2. The van der Waals surface area contributed by atoms with Crippen LogP contribution in [0.3, 0.4) is 0 Å². The van der Waals surface area contributed by atoms with Gasteiger partial charge in [0, 0.05) is 31.7 Å². The second-order valence-electron chi connectivity index (χ2n) is 6.73. The third-order valence-corrected chi connectivity index (χ3v) is 7.53. The fourth-order valence-electron chi connectivity index (χ4n) is 2.94. The van der Waals surface area contributed by atoms with Gasteiger partial charge >= 0.3 is 11.9 Å². The molecule has 0 spiro atoms. The van der Waals surface area contributed by atoms with E-state index in [1.165, 1.54) is 35.7 Å². The summed E-state index contributed by atoms with van der Waals surface area (Å²) >= 11 is 4.72. The molecule has 2 rings (SSSR count). The number of thioether (sulfide) groups is 2. The van der Waals surface area contributed by atoms with Crippen molar-refractivity contribution in [2.45, 2.75) is 47.3 Å². The minimum Gasteiger partial charge on any atom is -0.451 e. The van der Waals surface area contributed by atoms with Crippen LogP contribution in [0.2, 0.25) is 0 Å². The Morgan fingerprint density at radius 2 is 1.06 bits per heavy atom. The van der Waals surface area contributed by atoms with Gasteiger partial charge in [-0.3, -0.25) is 0 Å². The average molecular weight is 475 g/mol. The Balaban J connectivity index is 2.10. The van der Waals surface area contributed by atoms with E-state index in [2.05, 4.69) is 65.1 Å². The lowest BCUT2D eigenvalue weighted by molar-refractivity contribution is -0.136. The molecule has 0 atom stereocenters. The third kappa shape index (κ3) is 7.52. The molecule has 7 heteroatoms. The first-order valence-corrected chi connectivity index (χ1v) is 12.3. The maximum absolute atomic E-state index is 11.2. The monoisotopic (exact) mass is 474 g/mol. The molecule has 0 aliphatic rings. The van der Waals surface area contributed by atoms with Crippen molar-refractivity contribution in [1.29, 1.82) is 0 Å². The van der Waals surface area contributed by atoms with E-state index in [0.717, 1.165) is 41.8 Å². The van der Waals surface area contributed by atoms with Gasteiger partial charge in [0.2, 0.25) is 0 Å². The molecule has 164 valence electrons. The van der Waals surface area contributed by atoms with Crippen LogP contribution in [0.15, 0.2) is 69.2 Å². The minimum atomic E-state index is -0.416. The molecular weight excluding hydrogens is 448 g/mol. The Morgan fingerprint density at radius 1 is 0.742 bits per heavy atom. The predicted octanol–water partition coefficient (Wildman–Crippen LogP) is 6.63. The van der Waals surface area contributed by atoms with Crippen molar-refractivity contribution in [2.75, 3.05) is 11.9 Å². The average Bonchev–Trinajstić information content (AvgIpc) is 2.71. The van der Waals surface area contributed by atoms with Crippen LogP contribution in [-0.4, -0.2) is 23.8 Å². The van der Waals surface area contributed by atoms with Crippen molar-refractivity contribution in [3.63, 3.8) is 0 Å². The molecule has 2 aromatic rings. The molecule has 0 unspecified atom stereocenters. The molecule has 0 bridgehead atoms. The highest BCUT2D eigenvalue weighted by Crippen LogP contribution is 2.37. The number of hydrogen-bond donors (Lipinski definition) is 0. The number of rotatable bonds is 10. The summed E-state index contributed by atoms with van der Waals surface area (Å²) in [5.74, 6) is -0.306. The van der Waals surface area contributed by atoms with Crippen molar-refractivity contribution < 1.29 is 19.1 Å². The molecule has 0 heterocycles. The van der Waals surface area contributed by atoms with Crippen LogP contribution >= 0.6 is 35.3 Å². The molecule has 0 N–H and O–H groups in total. The van der Waals surface area contributed by atoms with Gasteiger partial charge in [0.05, 0.1) is 0 Å². The number of aryl methyl sites for hydroxylation is 4. The lowest BCUT2D eigenvalue weighted by Crippen LogP contribution is -2.00. The molecule has 0 aliphatic carbocycles. The summed E-state index contributed by atoms with van der Waals surface area (Å²) in [5.41, 5.74) is 4.58. The van der Waals surface area contributed by atoms with E-state index in [-0.39, 0.29) is 11.9 Å². The van der Waals surface area contributed by atoms with Crippen LogP contribution in [0.1, 0.15) is 22.3 Å². The quantitative estimate of drug-likeness (QED) is 0.166. The minimum absolute atomic E-state index is 0.263. The van der Waals surface area contributed by atoms with Crippen molar-refractivity contribution in [3.8, 4) is 0 Å². The molecule has 31 heavy (non-hydrogen) atoms. The number of hydrogen-bond acceptors (Lipinski definition) is 7. The van der Waals surface area contributed by atoms with E-state index >= 15 is 0 Å². The second-order valence-corrected chi connectivity index (χ2v) is 9.75. The van der Waals surface area contributed by atoms with Crippen LogP contribution in [0.4, 0.5) is 0 Å². The van der Waals surface area contributed by atoms with Gasteiger partial charge in [-0.2, -0.15) is 0 Å². The van der Waals surface area contributed by atoms with Gasteiger partial charge in [0.15, 0.2) is 0 Å². The second kappa shape index (κ2) is 12.1. The number of ether oxygens (including phenoxy) is 2. The van der Waals surface area contributed by atoms with Crippen LogP contribution in [0, 0.1) is 27.7 Å². The van der Waals surface area contributed by atoms with Crippen LogP contribution in [-0.2, 0) is 19.1 Å². The fourth-order valence-corrected chi connectivity index (χ4v) is 5.89. The predicted molar refractivity (Wildman–Crippen MR) is 130 cm³/mol. The van der Waals surface area contributed by atoms with E-state index in [1.54, 1.807) is 11.8 Å². The van der Waals surface area contributed by atoms with Crippen molar-refractivity contribution in [3.05, 3.63) is 71.8 Å². The Labute approximate surface area is 196 Å². The lowest BCUT2D eigenvalue weighted by atomic mass is 10.1.